The zero-order chi connectivity index (χ0) is 13.0. The van der Waals surface area contributed by atoms with Gasteiger partial charge in [0.2, 0.25) is 0 Å². The zero-order valence-electron chi connectivity index (χ0n) is 9.67. The Balaban J connectivity index is 1.80. The summed E-state index contributed by atoms with van der Waals surface area (Å²) in [6.07, 6.45) is 2.34. The van der Waals surface area contributed by atoms with Gasteiger partial charge in [-0.15, -0.1) is 0 Å². The molecular formula is C11H14N2O3S2. The van der Waals surface area contributed by atoms with Crippen molar-refractivity contribution >= 4 is 31.0 Å². The first-order valence-electron chi connectivity index (χ1n) is 5.60. The van der Waals surface area contributed by atoms with Gasteiger partial charge in [0.1, 0.15) is 5.82 Å². The molecule has 1 heterocycles. The summed E-state index contributed by atoms with van der Waals surface area (Å²) in [5.74, 6) is 1.31. The molecule has 0 bridgehead atoms. The molecule has 2 N–H and O–H groups in total. The van der Waals surface area contributed by atoms with Crippen molar-refractivity contribution in [3.8, 4) is 0 Å². The number of aromatic amines is 1. The first-order chi connectivity index (χ1) is 8.54. The standard InChI is InChI=1S/C11H14N2O3S2/c14-18(15,16)17-8-4-3-7-11-12-9-5-1-2-6-10(9)13-11/h1-2,5-6H,3-4,7-8H2,(H,12,13)(H,14,15,16). The molecule has 18 heavy (non-hydrogen) atoms. The summed E-state index contributed by atoms with van der Waals surface area (Å²) in [7, 11) is -3.33. The van der Waals surface area contributed by atoms with Gasteiger partial charge in [-0.25, -0.2) is 4.98 Å². The van der Waals surface area contributed by atoms with E-state index >= 15 is 0 Å². The van der Waals surface area contributed by atoms with Crippen molar-refractivity contribution in [2.75, 3.05) is 5.75 Å². The summed E-state index contributed by atoms with van der Waals surface area (Å²) in [6, 6.07) is 7.81. The van der Waals surface area contributed by atoms with Crippen LogP contribution in [0.3, 0.4) is 0 Å². The molecule has 7 heteroatoms. The van der Waals surface area contributed by atoms with E-state index in [-0.39, 0.29) is 0 Å². The van der Waals surface area contributed by atoms with E-state index in [0.717, 1.165) is 36.1 Å². The van der Waals surface area contributed by atoms with Crippen molar-refractivity contribution < 1.29 is 13.0 Å². The third-order valence-corrected chi connectivity index (χ3v) is 4.63. The van der Waals surface area contributed by atoms with Gasteiger partial charge < -0.3 is 4.98 Å². The molecule has 0 aliphatic rings. The molecule has 0 saturated carbocycles. The smallest absolute Gasteiger partial charge is 0.319 e. The van der Waals surface area contributed by atoms with Crippen LogP contribution in [0.1, 0.15) is 18.7 Å². The maximum Gasteiger partial charge on any atom is 0.319 e. The molecule has 0 atom stereocenters. The number of aryl methyl sites for hydroxylation is 1. The molecule has 0 aliphatic carbocycles. The molecule has 0 saturated heterocycles. The van der Waals surface area contributed by atoms with Gasteiger partial charge in [-0.2, -0.15) is 8.42 Å². The number of fused-ring (bicyclic) bond motifs is 1. The second-order valence-corrected chi connectivity index (χ2v) is 7.38. The molecule has 2 rings (SSSR count). The van der Waals surface area contributed by atoms with E-state index in [0.29, 0.717) is 16.5 Å². The number of hydrogen-bond donors (Lipinski definition) is 2. The highest BCUT2D eigenvalue weighted by Crippen LogP contribution is 2.14. The molecule has 0 radical (unpaired) electrons. The number of H-pyrrole nitrogens is 1. The predicted octanol–water partition coefficient (Wildman–Crippen LogP) is 2.42. The molecular weight excluding hydrogens is 272 g/mol. The predicted molar refractivity (Wildman–Crippen MR) is 73.0 cm³/mol. The van der Waals surface area contributed by atoms with Crippen molar-refractivity contribution in [1.82, 2.24) is 9.97 Å². The van der Waals surface area contributed by atoms with Crippen LogP contribution in [0.5, 0.6) is 0 Å². The molecule has 5 nitrogen and oxygen atoms in total. The Bertz CT molecular complexity index is 589. The van der Waals surface area contributed by atoms with Gasteiger partial charge >= 0.3 is 9.15 Å². The first kappa shape index (κ1) is 13.4. The molecule has 0 unspecified atom stereocenters. The van der Waals surface area contributed by atoms with Crippen LogP contribution in [-0.4, -0.2) is 28.7 Å². The van der Waals surface area contributed by atoms with E-state index in [2.05, 4.69) is 9.97 Å². The summed E-state index contributed by atoms with van der Waals surface area (Å²) < 4.78 is 29.5. The lowest BCUT2D eigenvalue weighted by atomic mass is 10.2. The highest BCUT2D eigenvalue weighted by molar-refractivity contribution is 8.69. The van der Waals surface area contributed by atoms with Gasteiger partial charge in [0.15, 0.2) is 0 Å². The van der Waals surface area contributed by atoms with Crippen LogP contribution < -0.4 is 0 Å². The molecule has 0 fully saturated rings. The Morgan fingerprint density at radius 1 is 1.28 bits per heavy atom. The van der Waals surface area contributed by atoms with Crippen LogP contribution in [0, 0.1) is 0 Å². The van der Waals surface area contributed by atoms with E-state index in [1.807, 2.05) is 24.3 Å². The third kappa shape index (κ3) is 4.01. The lowest BCUT2D eigenvalue weighted by Crippen LogP contribution is -1.94. The van der Waals surface area contributed by atoms with Crippen molar-refractivity contribution in [3.05, 3.63) is 30.1 Å². The highest BCUT2D eigenvalue weighted by Gasteiger charge is 2.05. The summed E-state index contributed by atoms with van der Waals surface area (Å²) in [5, 5.41) is 0. The fraction of sp³-hybridized carbons (Fsp3) is 0.364. The highest BCUT2D eigenvalue weighted by atomic mass is 33.1. The Morgan fingerprint density at radius 2 is 2.06 bits per heavy atom. The summed E-state index contributed by atoms with van der Waals surface area (Å²) in [6.45, 7) is 0. The van der Waals surface area contributed by atoms with Gasteiger partial charge in [-0.1, -0.05) is 12.1 Å². The Morgan fingerprint density at radius 3 is 2.78 bits per heavy atom. The summed E-state index contributed by atoms with van der Waals surface area (Å²) in [4.78, 5) is 7.65. The van der Waals surface area contributed by atoms with Crippen LogP contribution >= 0.6 is 10.8 Å². The number of nitrogens with one attached hydrogen (secondary N) is 1. The molecule has 1 aromatic heterocycles. The second-order valence-electron chi connectivity index (χ2n) is 3.91. The van der Waals surface area contributed by atoms with Crippen LogP contribution in [-0.2, 0) is 15.6 Å². The van der Waals surface area contributed by atoms with Gasteiger partial charge in [0.05, 0.1) is 11.0 Å². The number of para-hydroxylation sites is 2. The number of imidazole rings is 1. The van der Waals surface area contributed by atoms with Crippen molar-refractivity contribution in [1.29, 1.82) is 0 Å². The van der Waals surface area contributed by atoms with E-state index in [1.54, 1.807) is 0 Å². The van der Waals surface area contributed by atoms with E-state index < -0.39 is 9.15 Å². The minimum absolute atomic E-state index is 0.402. The van der Waals surface area contributed by atoms with Crippen molar-refractivity contribution in [3.63, 3.8) is 0 Å². The minimum Gasteiger partial charge on any atom is -0.342 e. The van der Waals surface area contributed by atoms with Gasteiger partial charge in [0.25, 0.3) is 0 Å². The molecule has 1 aromatic carbocycles. The van der Waals surface area contributed by atoms with Gasteiger partial charge in [0, 0.05) is 12.2 Å². The normalized spacial score (nSPS) is 12.1. The Kier molecular flexibility index (Phi) is 4.26. The maximum atomic E-state index is 10.5. The molecule has 2 aromatic rings. The Labute approximate surface area is 109 Å². The maximum absolute atomic E-state index is 10.5. The first-order valence-corrected chi connectivity index (χ1v) is 8.54. The fourth-order valence-electron chi connectivity index (χ4n) is 1.68. The number of benzene rings is 1. The van der Waals surface area contributed by atoms with Crippen molar-refractivity contribution in [2.45, 2.75) is 19.3 Å². The fourth-order valence-corrected chi connectivity index (χ4v) is 3.20. The molecule has 0 amide bonds. The molecule has 0 spiro atoms. The lowest BCUT2D eigenvalue weighted by Gasteiger charge is -1.97. The largest absolute Gasteiger partial charge is 0.342 e. The average Bonchev–Trinajstić information content (AvgIpc) is 2.69. The summed E-state index contributed by atoms with van der Waals surface area (Å²) >= 11 is 0. The number of rotatable bonds is 6. The van der Waals surface area contributed by atoms with Crippen LogP contribution in [0.15, 0.2) is 24.3 Å². The average molecular weight is 286 g/mol. The van der Waals surface area contributed by atoms with E-state index in [9.17, 15) is 8.42 Å². The zero-order valence-corrected chi connectivity index (χ0v) is 11.3. The molecule has 0 aliphatic heterocycles. The van der Waals surface area contributed by atoms with Crippen LogP contribution in [0.25, 0.3) is 11.0 Å². The quantitative estimate of drug-likeness (QED) is 0.484. The van der Waals surface area contributed by atoms with Crippen LogP contribution in [0.2, 0.25) is 0 Å². The van der Waals surface area contributed by atoms with E-state index in [1.165, 1.54) is 0 Å². The van der Waals surface area contributed by atoms with Gasteiger partial charge in [-0.3, -0.25) is 4.55 Å². The minimum atomic E-state index is -3.90. The topological polar surface area (TPSA) is 83.1 Å². The Hall–Kier alpha value is -1.05. The van der Waals surface area contributed by atoms with Crippen molar-refractivity contribution in [2.24, 2.45) is 0 Å². The number of nitrogens with zero attached hydrogens (tertiary/aromatic N) is 1. The number of hydrogen-bond acceptors (Lipinski definition) is 4. The summed E-state index contributed by atoms with van der Waals surface area (Å²) in [5.41, 5.74) is 1.96. The van der Waals surface area contributed by atoms with E-state index in [4.69, 9.17) is 4.55 Å². The molecule has 98 valence electrons. The second kappa shape index (κ2) is 5.73. The number of aromatic nitrogens is 2. The van der Waals surface area contributed by atoms with Crippen LogP contribution in [0.4, 0.5) is 0 Å². The third-order valence-electron chi connectivity index (χ3n) is 2.48. The number of unbranched alkanes of at least 4 members (excludes halogenated alkanes) is 1. The van der Waals surface area contributed by atoms with Gasteiger partial charge in [-0.05, 0) is 35.8 Å². The SMILES string of the molecule is O=S(=O)(O)SCCCCc1nc2ccccc2[nH]1. The lowest BCUT2D eigenvalue weighted by molar-refractivity contribution is 0.503. The monoisotopic (exact) mass is 286 g/mol.